The molecule has 1 aliphatic rings. The molecule has 3 amide bonds. The number of urea groups is 1. The number of halogens is 1. The number of amides is 3. The molecule has 7 nitrogen and oxygen atoms in total. The number of imidazole rings is 1. The number of carbonyl (C=O) groups is 2. The molecule has 1 saturated heterocycles. The average Bonchev–Trinajstić information content (AvgIpc) is 3.24. The summed E-state index contributed by atoms with van der Waals surface area (Å²) in [5.41, 5.74) is 1.63. The van der Waals surface area contributed by atoms with Crippen molar-refractivity contribution in [3.63, 3.8) is 0 Å². The number of aromatic nitrogens is 2. The Bertz CT molecular complexity index is 1070. The molecule has 0 spiro atoms. The first-order chi connectivity index (χ1) is 15.5. The van der Waals surface area contributed by atoms with Gasteiger partial charge < -0.3 is 20.1 Å². The molecule has 0 bridgehead atoms. The molecule has 166 valence electrons. The largest absolute Gasteiger partial charge is 0.342 e. The van der Waals surface area contributed by atoms with Crippen LogP contribution in [-0.4, -0.2) is 39.5 Å². The van der Waals surface area contributed by atoms with Crippen LogP contribution in [0.5, 0.6) is 0 Å². The number of hydrogen-bond donors (Lipinski definition) is 2. The highest BCUT2D eigenvalue weighted by atomic mass is 35.5. The minimum Gasteiger partial charge on any atom is -0.342 e. The van der Waals surface area contributed by atoms with Crippen LogP contribution in [0.25, 0.3) is 0 Å². The molecule has 1 aromatic heterocycles. The number of aryl methyl sites for hydroxylation is 1. The zero-order chi connectivity index (χ0) is 22.5. The molecule has 8 heteroatoms. The molecule has 0 saturated carbocycles. The van der Waals surface area contributed by atoms with Crippen molar-refractivity contribution < 1.29 is 9.59 Å². The van der Waals surface area contributed by atoms with E-state index in [9.17, 15) is 9.59 Å². The van der Waals surface area contributed by atoms with Crippen LogP contribution < -0.4 is 10.6 Å². The summed E-state index contributed by atoms with van der Waals surface area (Å²) in [6.07, 6.45) is 5.06. The fourth-order valence-corrected chi connectivity index (χ4v) is 4.09. The summed E-state index contributed by atoms with van der Waals surface area (Å²) in [6, 6.07) is 16.1. The average molecular weight is 452 g/mol. The molecule has 0 unspecified atom stereocenters. The zero-order valence-electron chi connectivity index (χ0n) is 17.9. The van der Waals surface area contributed by atoms with Crippen molar-refractivity contribution in [3.8, 4) is 0 Å². The van der Waals surface area contributed by atoms with Gasteiger partial charge in [0, 0.05) is 43.2 Å². The predicted molar refractivity (Wildman–Crippen MR) is 124 cm³/mol. The Morgan fingerprint density at radius 2 is 1.88 bits per heavy atom. The van der Waals surface area contributed by atoms with Crippen LogP contribution in [0.2, 0.25) is 5.02 Å². The highest BCUT2D eigenvalue weighted by molar-refractivity contribution is 6.30. The maximum absolute atomic E-state index is 13.2. The van der Waals surface area contributed by atoms with Gasteiger partial charge in [-0.2, -0.15) is 0 Å². The lowest BCUT2D eigenvalue weighted by Gasteiger charge is -2.33. The summed E-state index contributed by atoms with van der Waals surface area (Å²) in [5, 5.41) is 6.68. The van der Waals surface area contributed by atoms with Gasteiger partial charge in [-0.15, -0.1) is 0 Å². The van der Waals surface area contributed by atoms with Gasteiger partial charge in [0.2, 0.25) is 5.91 Å². The highest BCUT2D eigenvalue weighted by Gasteiger charge is 2.31. The van der Waals surface area contributed by atoms with Gasteiger partial charge >= 0.3 is 6.03 Å². The molecule has 0 radical (unpaired) electrons. The lowest BCUT2D eigenvalue weighted by Crippen LogP contribution is -2.47. The Kier molecular flexibility index (Phi) is 6.75. The van der Waals surface area contributed by atoms with Crippen LogP contribution in [-0.2, 0) is 11.8 Å². The molecular weight excluding hydrogens is 426 g/mol. The number of carbonyl (C=O) groups excluding carboxylic acids is 2. The normalized spacial score (nSPS) is 16.9. The second kappa shape index (κ2) is 9.87. The van der Waals surface area contributed by atoms with E-state index in [1.807, 2.05) is 60.3 Å². The highest BCUT2D eigenvalue weighted by Crippen LogP contribution is 2.25. The molecule has 0 aliphatic carbocycles. The number of hydrogen-bond acceptors (Lipinski definition) is 3. The Hall–Kier alpha value is -3.32. The van der Waals surface area contributed by atoms with Crippen LogP contribution in [0.15, 0.2) is 67.0 Å². The lowest BCUT2D eigenvalue weighted by molar-refractivity contribution is -0.126. The second-order valence-corrected chi connectivity index (χ2v) is 8.41. The first kappa shape index (κ1) is 21.9. The molecule has 1 fully saturated rings. The van der Waals surface area contributed by atoms with Crippen molar-refractivity contribution in [2.45, 2.75) is 18.9 Å². The number of rotatable bonds is 5. The second-order valence-electron chi connectivity index (χ2n) is 7.97. The summed E-state index contributed by atoms with van der Waals surface area (Å²) in [5.74, 6) is 0.348. The summed E-state index contributed by atoms with van der Waals surface area (Å²) in [4.78, 5) is 32.1. The number of para-hydroxylation sites is 1. The molecule has 2 aromatic carbocycles. The Morgan fingerprint density at radius 3 is 2.56 bits per heavy atom. The van der Waals surface area contributed by atoms with E-state index >= 15 is 0 Å². The van der Waals surface area contributed by atoms with Gasteiger partial charge in [-0.1, -0.05) is 41.9 Å². The van der Waals surface area contributed by atoms with Crippen molar-refractivity contribution in [2.75, 3.05) is 18.4 Å². The van der Waals surface area contributed by atoms with E-state index in [0.29, 0.717) is 18.1 Å². The molecule has 2 N–H and O–H groups in total. The summed E-state index contributed by atoms with van der Waals surface area (Å²) >= 11 is 6.05. The van der Waals surface area contributed by atoms with E-state index in [2.05, 4.69) is 15.6 Å². The van der Waals surface area contributed by atoms with Gasteiger partial charge in [-0.3, -0.25) is 4.79 Å². The van der Waals surface area contributed by atoms with Gasteiger partial charge in [0.25, 0.3) is 0 Å². The minimum absolute atomic E-state index is 0.0924. The van der Waals surface area contributed by atoms with Gasteiger partial charge in [-0.05, 0) is 42.7 Å². The SMILES string of the molecule is Cn1ccnc1[C@H](NC(=O)[C@@H]1CCCN(C(=O)Nc2ccccc2)C1)c1ccc(Cl)cc1. The monoisotopic (exact) mass is 451 g/mol. The summed E-state index contributed by atoms with van der Waals surface area (Å²) in [7, 11) is 1.90. The Labute approximate surface area is 192 Å². The van der Waals surface area contributed by atoms with Crippen LogP contribution in [0.4, 0.5) is 10.5 Å². The van der Waals surface area contributed by atoms with E-state index in [4.69, 9.17) is 11.6 Å². The van der Waals surface area contributed by atoms with E-state index in [1.165, 1.54) is 0 Å². The lowest BCUT2D eigenvalue weighted by atomic mass is 9.96. The van der Waals surface area contributed by atoms with Crippen molar-refractivity contribution >= 4 is 29.2 Å². The van der Waals surface area contributed by atoms with Crippen LogP contribution >= 0.6 is 11.6 Å². The van der Waals surface area contributed by atoms with Gasteiger partial charge in [-0.25, -0.2) is 9.78 Å². The van der Waals surface area contributed by atoms with E-state index in [-0.39, 0.29) is 17.9 Å². The molecule has 2 heterocycles. The smallest absolute Gasteiger partial charge is 0.321 e. The van der Waals surface area contributed by atoms with Crippen LogP contribution in [0.3, 0.4) is 0 Å². The predicted octanol–water partition coefficient (Wildman–Crippen LogP) is 4.22. The van der Waals surface area contributed by atoms with E-state index in [1.54, 1.807) is 23.2 Å². The van der Waals surface area contributed by atoms with Crippen molar-refractivity contribution in [1.82, 2.24) is 19.8 Å². The quantitative estimate of drug-likeness (QED) is 0.609. The van der Waals surface area contributed by atoms with Crippen molar-refractivity contribution in [3.05, 3.63) is 83.4 Å². The van der Waals surface area contributed by atoms with E-state index < -0.39 is 6.04 Å². The van der Waals surface area contributed by atoms with Crippen LogP contribution in [0.1, 0.15) is 30.3 Å². The van der Waals surface area contributed by atoms with Gasteiger partial charge in [0.15, 0.2) is 0 Å². The summed E-state index contributed by atoms with van der Waals surface area (Å²) in [6.45, 7) is 1.00. The van der Waals surface area contributed by atoms with Crippen molar-refractivity contribution in [2.24, 2.45) is 13.0 Å². The zero-order valence-corrected chi connectivity index (χ0v) is 18.6. The number of piperidine rings is 1. The maximum Gasteiger partial charge on any atom is 0.321 e. The first-order valence-corrected chi connectivity index (χ1v) is 11.0. The topological polar surface area (TPSA) is 79.3 Å². The van der Waals surface area contributed by atoms with E-state index in [0.717, 1.165) is 29.9 Å². The number of benzene rings is 2. The standard InChI is InChI=1S/C24H26ClN5O2/c1-29-15-13-26-22(29)21(17-9-11-19(25)12-10-17)28-23(31)18-6-5-14-30(16-18)24(32)27-20-7-3-2-4-8-20/h2-4,7-13,15,18,21H,5-6,14,16H2,1H3,(H,27,32)(H,28,31)/t18-,21-/m1/s1. The third-order valence-electron chi connectivity index (χ3n) is 5.71. The fraction of sp³-hybridized carbons (Fsp3) is 0.292. The third kappa shape index (κ3) is 5.11. The molecule has 1 aliphatic heterocycles. The Morgan fingerprint density at radius 1 is 1.12 bits per heavy atom. The van der Waals surface area contributed by atoms with Crippen LogP contribution in [0, 0.1) is 5.92 Å². The summed E-state index contributed by atoms with van der Waals surface area (Å²) < 4.78 is 1.89. The molecular formula is C24H26ClN5O2. The first-order valence-electron chi connectivity index (χ1n) is 10.7. The molecule has 2 atom stereocenters. The molecule has 32 heavy (non-hydrogen) atoms. The molecule has 3 aromatic rings. The number of likely N-dealkylation sites (tertiary alicyclic amines) is 1. The fourth-order valence-electron chi connectivity index (χ4n) is 3.97. The third-order valence-corrected chi connectivity index (χ3v) is 5.96. The number of anilines is 1. The number of nitrogens with one attached hydrogen (secondary N) is 2. The number of nitrogens with zero attached hydrogens (tertiary/aromatic N) is 3. The van der Waals surface area contributed by atoms with Crippen molar-refractivity contribution in [1.29, 1.82) is 0 Å². The molecule has 4 rings (SSSR count). The maximum atomic E-state index is 13.2. The van der Waals surface area contributed by atoms with Gasteiger partial charge in [0.05, 0.1) is 5.92 Å². The van der Waals surface area contributed by atoms with Gasteiger partial charge in [0.1, 0.15) is 11.9 Å². The Balaban J connectivity index is 1.46. The minimum atomic E-state index is -0.409.